The standard InChI is InChI=1S/C29H26ClFN4O2S/c1-38(36)12-11-32-17-24-8-10-28(37-24)21-6-9-27-25(15-21)29(34-18-33-27)35-23-7-5-20(26(30)16-23)13-19-3-2-4-22(31)14-19/h2-10,14-16,18,32H,11-13,17H2,1H3,(H,33,34,35). The van der Waals surface area contributed by atoms with Gasteiger partial charge in [0.25, 0.3) is 0 Å². The molecule has 0 bridgehead atoms. The monoisotopic (exact) mass is 548 g/mol. The van der Waals surface area contributed by atoms with Crippen molar-refractivity contribution in [3.05, 3.63) is 107 Å². The van der Waals surface area contributed by atoms with Crippen LogP contribution >= 0.6 is 11.6 Å². The number of nitrogens with zero attached hydrogens (tertiary/aromatic N) is 2. The highest BCUT2D eigenvalue weighted by molar-refractivity contribution is 7.84. The molecule has 6 nitrogen and oxygen atoms in total. The van der Waals surface area contributed by atoms with E-state index in [0.717, 1.165) is 44.8 Å². The van der Waals surface area contributed by atoms with Crippen molar-refractivity contribution in [1.82, 2.24) is 15.3 Å². The van der Waals surface area contributed by atoms with Gasteiger partial charge in [-0.2, -0.15) is 0 Å². The summed E-state index contributed by atoms with van der Waals surface area (Å²) in [5.41, 5.74) is 4.24. The molecule has 5 rings (SSSR count). The van der Waals surface area contributed by atoms with Gasteiger partial charge < -0.3 is 15.1 Å². The lowest BCUT2D eigenvalue weighted by Crippen LogP contribution is -2.19. The van der Waals surface area contributed by atoms with Gasteiger partial charge in [-0.15, -0.1) is 0 Å². The van der Waals surface area contributed by atoms with Crippen LogP contribution in [0.3, 0.4) is 0 Å². The lowest BCUT2D eigenvalue weighted by atomic mass is 10.0. The Morgan fingerprint density at radius 3 is 2.74 bits per heavy atom. The molecule has 0 spiro atoms. The number of hydrogen-bond donors (Lipinski definition) is 2. The Kier molecular flexibility index (Phi) is 8.12. The minimum atomic E-state index is -0.821. The molecule has 0 aliphatic carbocycles. The molecule has 194 valence electrons. The van der Waals surface area contributed by atoms with E-state index < -0.39 is 10.8 Å². The molecule has 0 fully saturated rings. The highest BCUT2D eigenvalue weighted by Gasteiger charge is 2.11. The molecular weight excluding hydrogens is 523 g/mol. The fourth-order valence-electron chi connectivity index (χ4n) is 4.14. The molecule has 0 saturated carbocycles. The maximum Gasteiger partial charge on any atom is 0.141 e. The van der Waals surface area contributed by atoms with Gasteiger partial charge in [0.1, 0.15) is 29.5 Å². The van der Waals surface area contributed by atoms with E-state index in [1.165, 1.54) is 18.5 Å². The largest absolute Gasteiger partial charge is 0.460 e. The van der Waals surface area contributed by atoms with Crippen molar-refractivity contribution >= 4 is 44.8 Å². The Labute approximate surface area is 227 Å². The number of aromatic nitrogens is 2. The van der Waals surface area contributed by atoms with Crippen molar-refractivity contribution in [2.24, 2.45) is 0 Å². The van der Waals surface area contributed by atoms with Gasteiger partial charge in [-0.25, -0.2) is 14.4 Å². The van der Waals surface area contributed by atoms with Crippen LogP contribution in [0.5, 0.6) is 0 Å². The van der Waals surface area contributed by atoms with Crippen LogP contribution < -0.4 is 10.6 Å². The summed E-state index contributed by atoms with van der Waals surface area (Å²) in [6.07, 6.45) is 3.75. The second kappa shape index (κ2) is 11.9. The molecule has 2 aromatic heterocycles. The Hall–Kier alpha value is -3.59. The Bertz CT molecular complexity index is 1610. The van der Waals surface area contributed by atoms with Gasteiger partial charge in [-0.1, -0.05) is 29.8 Å². The Balaban J connectivity index is 1.34. The van der Waals surface area contributed by atoms with E-state index in [-0.39, 0.29) is 5.82 Å². The molecule has 38 heavy (non-hydrogen) atoms. The average Bonchev–Trinajstić information content (AvgIpc) is 3.37. The smallest absolute Gasteiger partial charge is 0.141 e. The van der Waals surface area contributed by atoms with Crippen LogP contribution in [-0.2, 0) is 23.8 Å². The zero-order chi connectivity index (χ0) is 26.5. The predicted octanol–water partition coefficient (Wildman–Crippen LogP) is 6.48. The third kappa shape index (κ3) is 6.45. The topological polar surface area (TPSA) is 80.0 Å². The number of nitrogens with one attached hydrogen (secondary N) is 2. The number of furan rings is 1. The Morgan fingerprint density at radius 2 is 1.92 bits per heavy atom. The maximum absolute atomic E-state index is 13.6. The second-order valence-electron chi connectivity index (χ2n) is 8.91. The minimum Gasteiger partial charge on any atom is -0.460 e. The van der Waals surface area contributed by atoms with Gasteiger partial charge in [-0.05, 0) is 72.1 Å². The number of halogens is 2. The van der Waals surface area contributed by atoms with Crippen molar-refractivity contribution in [1.29, 1.82) is 0 Å². The third-order valence-electron chi connectivity index (χ3n) is 6.05. The molecule has 0 radical (unpaired) electrons. The first kappa shape index (κ1) is 26.0. The van der Waals surface area contributed by atoms with Crippen LogP contribution in [-0.4, -0.2) is 32.7 Å². The van der Waals surface area contributed by atoms with E-state index in [1.807, 2.05) is 54.6 Å². The second-order valence-corrected chi connectivity index (χ2v) is 10.9. The van der Waals surface area contributed by atoms with Gasteiger partial charge in [0.15, 0.2) is 0 Å². The van der Waals surface area contributed by atoms with Gasteiger partial charge in [0, 0.05) is 51.0 Å². The summed E-state index contributed by atoms with van der Waals surface area (Å²) in [7, 11) is -0.821. The van der Waals surface area contributed by atoms with Gasteiger partial charge >= 0.3 is 0 Å². The minimum absolute atomic E-state index is 0.264. The number of anilines is 2. The van der Waals surface area contributed by atoms with Gasteiger partial charge in [-0.3, -0.25) is 4.21 Å². The summed E-state index contributed by atoms with van der Waals surface area (Å²) >= 11 is 6.57. The lowest BCUT2D eigenvalue weighted by Gasteiger charge is -2.11. The van der Waals surface area contributed by atoms with E-state index in [9.17, 15) is 8.60 Å². The quantitative estimate of drug-likeness (QED) is 0.194. The number of rotatable bonds is 10. The molecular formula is C29H26ClFN4O2S. The first-order chi connectivity index (χ1) is 18.4. The van der Waals surface area contributed by atoms with Crippen LogP contribution in [0.1, 0.15) is 16.9 Å². The van der Waals surface area contributed by atoms with Gasteiger partial charge in [0.05, 0.1) is 12.1 Å². The molecule has 1 atom stereocenters. The number of fused-ring (bicyclic) bond motifs is 1. The Morgan fingerprint density at radius 1 is 1.03 bits per heavy atom. The van der Waals surface area contributed by atoms with Crippen molar-refractivity contribution in [3.63, 3.8) is 0 Å². The van der Waals surface area contributed by atoms with Crippen LogP contribution in [0.25, 0.3) is 22.2 Å². The van der Waals surface area contributed by atoms with Crippen LogP contribution in [0.4, 0.5) is 15.9 Å². The van der Waals surface area contributed by atoms with E-state index >= 15 is 0 Å². The van der Waals surface area contributed by atoms with E-state index in [4.69, 9.17) is 16.0 Å². The van der Waals surface area contributed by atoms with Crippen molar-refractivity contribution in [3.8, 4) is 11.3 Å². The summed E-state index contributed by atoms with van der Waals surface area (Å²) in [4.78, 5) is 8.86. The zero-order valence-electron chi connectivity index (χ0n) is 20.7. The summed E-state index contributed by atoms with van der Waals surface area (Å²) in [5.74, 6) is 2.53. The van der Waals surface area contributed by atoms with Crippen molar-refractivity contribution in [2.75, 3.05) is 23.9 Å². The molecule has 0 amide bonds. The van der Waals surface area contributed by atoms with Crippen molar-refractivity contribution in [2.45, 2.75) is 13.0 Å². The highest BCUT2D eigenvalue weighted by Crippen LogP contribution is 2.31. The van der Waals surface area contributed by atoms with Crippen LogP contribution in [0.15, 0.2) is 83.5 Å². The fraction of sp³-hybridized carbons (Fsp3) is 0.172. The molecule has 2 N–H and O–H groups in total. The maximum atomic E-state index is 13.6. The van der Waals surface area contributed by atoms with E-state index in [0.29, 0.717) is 36.1 Å². The molecule has 3 aromatic carbocycles. The van der Waals surface area contributed by atoms with E-state index in [2.05, 4.69) is 20.6 Å². The normalized spacial score (nSPS) is 12.1. The first-order valence-corrected chi connectivity index (χ1v) is 14.2. The molecule has 1 unspecified atom stereocenters. The lowest BCUT2D eigenvalue weighted by molar-refractivity contribution is 0.499. The average molecular weight is 549 g/mol. The molecule has 0 saturated heterocycles. The third-order valence-corrected chi connectivity index (χ3v) is 7.18. The van der Waals surface area contributed by atoms with Crippen LogP contribution in [0, 0.1) is 5.82 Å². The molecule has 9 heteroatoms. The summed E-state index contributed by atoms with van der Waals surface area (Å²) in [6, 6.07) is 22.0. The summed E-state index contributed by atoms with van der Waals surface area (Å²) < 4.78 is 30.8. The predicted molar refractivity (Wildman–Crippen MR) is 152 cm³/mol. The summed E-state index contributed by atoms with van der Waals surface area (Å²) in [5, 5.41) is 8.02. The molecule has 5 aromatic rings. The first-order valence-electron chi connectivity index (χ1n) is 12.1. The number of benzene rings is 3. The number of hydrogen-bond acceptors (Lipinski definition) is 6. The summed E-state index contributed by atoms with van der Waals surface area (Å²) in [6.45, 7) is 1.23. The van der Waals surface area contributed by atoms with E-state index in [1.54, 1.807) is 12.3 Å². The molecule has 0 aliphatic heterocycles. The van der Waals surface area contributed by atoms with Crippen LogP contribution in [0.2, 0.25) is 5.02 Å². The fourth-order valence-corrected chi connectivity index (χ4v) is 4.82. The SMILES string of the molecule is CS(=O)CCNCc1ccc(-c2ccc3ncnc(Nc4ccc(Cc5cccc(F)c5)c(Cl)c4)c3c2)o1. The zero-order valence-corrected chi connectivity index (χ0v) is 22.3. The highest BCUT2D eigenvalue weighted by atomic mass is 35.5. The molecule has 2 heterocycles. The van der Waals surface area contributed by atoms with Gasteiger partial charge in [0.2, 0.25) is 0 Å². The van der Waals surface area contributed by atoms with Crippen molar-refractivity contribution < 1.29 is 13.0 Å². The molecule has 0 aliphatic rings.